The van der Waals surface area contributed by atoms with E-state index in [1.165, 1.54) is 4.31 Å². The Morgan fingerprint density at radius 1 is 1.03 bits per heavy atom. The van der Waals surface area contributed by atoms with Gasteiger partial charge in [-0.15, -0.1) is 0 Å². The lowest BCUT2D eigenvalue weighted by molar-refractivity contribution is -0.123. The second-order valence-electron chi connectivity index (χ2n) is 7.74. The Morgan fingerprint density at radius 3 is 2.16 bits per heavy atom. The number of hydrogen-bond donors (Lipinski definition) is 1. The molecule has 0 fully saturated rings. The van der Waals surface area contributed by atoms with Crippen LogP contribution in [0.4, 0.5) is 5.69 Å². The summed E-state index contributed by atoms with van der Waals surface area (Å²) in [5.74, 6) is 0.340. The van der Waals surface area contributed by atoms with Gasteiger partial charge in [0, 0.05) is 0 Å². The molecule has 0 saturated carbocycles. The Kier molecular flexibility index (Phi) is 8.51. The number of anilines is 1. The minimum Gasteiger partial charge on any atom is -0.494 e. The highest BCUT2D eigenvalue weighted by molar-refractivity contribution is 7.92. The van der Waals surface area contributed by atoms with Gasteiger partial charge in [-0.3, -0.25) is 9.10 Å². The van der Waals surface area contributed by atoms with Crippen LogP contribution in [-0.2, 0) is 14.8 Å². The lowest BCUT2D eigenvalue weighted by Gasteiger charge is -2.31. The molecule has 2 unspecified atom stereocenters. The van der Waals surface area contributed by atoms with E-state index in [4.69, 9.17) is 4.74 Å². The maximum absolute atomic E-state index is 13.3. The standard InChI is InChI=1S/C24H34N2O4S/c1-7-22(21-15-10-17(4)16-18(21)5)25-24(27)23(8-2)26(31(6,28)29)19-11-13-20(14-12-19)30-9-3/h10-16,22-23H,7-9H2,1-6H3,(H,25,27). The van der Waals surface area contributed by atoms with Crippen molar-refractivity contribution in [3.63, 3.8) is 0 Å². The van der Waals surface area contributed by atoms with E-state index in [2.05, 4.69) is 11.4 Å². The fourth-order valence-corrected chi connectivity index (χ4v) is 5.01. The first-order chi connectivity index (χ1) is 14.6. The lowest BCUT2D eigenvalue weighted by atomic mass is 9.97. The van der Waals surface area contributed by atoms with Crippen molar-refractivity contribution in [2.75, 3.05) is 17.2 Å². The third-order valence-corrected chi connectivity index (χ3v) is 6.44. The third kappa shape index (κ3) is 6.23. The zero-order chi connectivity index (χ0) is 23.2. The van der Waals surface area contributed by atoms with E-state index in [0.29, 0.717) is 30.9 Å². The Morgan fingerprint density at radius 2 is 1.68 bits per heavy atom. The van der Waals surface area contributed by atoms with Crippen LogP contribution >= 0.6 is 0 Å². The summed E-state index contributed by atoms with van der Waals surface area (Å²) in [7, 11) is -3.69. The predicted octanol–water partition coefficient (Wildman–Crippen LogP) is 4.51. The summed E-state index contributed by atoms with van der Waals surface area (Å²) in [6, 6.07) is 11.9. The van der Waals surface area contributed by atoms with Gasteiger partial charge in [-0.1, -0.05) is 37.6 Å². The normalized spacial score (nSPS) is 13.4. The van der Waals surface area contributed by atoms with Gasteiger partial charge < -0.3 is 10.1 Å². The molecule has 0 saturated heterocycles. The molecule has 0 aliphatic rings. The first-order valence-electron chi connectivity index (χ1n) is 10.7. The van der Waals surface area contributed by atoms with Gasteiger partial charge in [0.15, 0.2) is 0 Å². The van der Waals surface area contributed by atoms with Gasteiger partial charge in [0.2, 0.25) is 15.9 Å². The van der Waals surface area contributed by atoms with Crippen LogP contribution in [0, 0.1) is 13.8 Å². The molecule has 0 heterocycles. The van der Waals surface area contributed by atoms with Gasteiger partial charge in [-0.05, 0) is 69.0 Å². The molecule has 2 rings (SSSR count). The summed E-state index contributed by atoms with van der Waals surface area (Å²) in [5, 5.41) is 3.08. The Hall–Kier alpha value is -2.54. The van der Waals surface area contributed by atoms with Crippen LogP contribution in [0.1, 0.15) is 56.3 Å². The van der Waals surface area contributed by atoms with Crippen molar-refractivity contribution in [2.45, 2.75) is 59.5 Å². The predicted molar refractivity (Wildman–Crippen MR) is 126 cm³/mol. The van der Waals surface area contributed by atoms with Gasteiger partial charge in [0.05, 0.1) is 24.6 Å². The highest BCUT2D eigenvalue weighted by atomic mass is 32.2. The van der Waals surface area contributed by atoms with E-state index in [9.17, 15) is 13.2 Å². The monoisotopic (exact) mass is 446 g/mol. The van der Waals surface area contributed by atoms with Crippen molar-refractivity contribution < 1.29 is 17.9 Å². The number of carbonyl (C=O) groups is 1. The van der Waals surface area contributed by atoms with E-state index in [-0.39, 0.29) is 11.9 Å². The summed E-state index contributed by atoms with van der Waals surface area (Å²) in [4.78, 5) is 13.3. The molecule has 2 atom stereocenters. The van der Waals surface area contributed by atoms with Gasteiger partial charge in [0.25, 0.3) is 0 Å². The number of rotatable bonds is 10. The molecule has 0 bridgehead atoms. The number of benzene rings is 2. The molecule has 2 aromatic rings. The quantitative estimate of drug-likeness (QED) is 0.582. The number of aryl methyl sites for hydroxylation is 2. The molecule has 31 heavy (non-hydrogen) atoms. The van der Waals surface area contributed by atoms with E-state index < -0.39 is 16.1 Å². The summed E-state index contributed by atoms with van der Waals surface area (Å²) in [6.07, 6.45) is 2.17. The number of nitrogens with one attached hydrogen (secondary N) is 1. The van der Waals surface area contributed by atoms with Crippen LogP contribution in [0.5, 0.6) is 5.75 Å². The number of hydrogen-bond acceptors (Lipinski definition) is 4. The molecular weight excluding hydrogens is 412 g/mol. The maximum atomic E-state index is 13.3. The fourth-order valence-electron chi connectivity index (χ4n) is 3.80. The number of carbonyl (C=O) groups excluding carboxylic acids is 1. The molecule has 0 aromatic heterocycles. The van der Waals surface area contributed by atoms with E-state index >= 15 is 0 Å². The van der Waals surface area contributed by atoms with Crippen molar-refractivity contribution >= 4 is 21.6 Å². The average Bonchev–Trinajstić information content (AvgIpc) is 2.70. The van der Waals surface area contributed by atoms with E-state index in [1.54, 1.807) is 24.3 Å². The largest absolute Gasteiger partial charge is 0.494 e. The SMILES string of the molecule is CCOc1ccc(N(C(CC)C(=O)NC(CC)c2ccc(C)cc2C)S(C)(=O)=O)cc1. The van der Waals surface area contributed by atoms with Crippen molar-refractivity contribution in [1.29, 1.82) is 0 Å². The molecule has 0 aliphatic heterocycles. The van der Waals surface area contributed by atoms with E-state index in [1.807, 2.05) is 46.8 Å². The Labute approximate surface area is 186 Å². The molecule has 0 radical (unpaired) electrons. The van der Waals surface area contributed by atoms with Crippen LogP contribution in [-0.4, -0.2) is 33.2 Å². The van der Waals surface area contributed by atoms with Crippen LogP contribution < -0.4 is 14.4 Å². The van der Waals surface area contributed by atoms with E-state index in [0.717, 1.165) is 22.9 Å². The fraction of sp³-hybridized carbons (Fsp3) is 0.458. The molecule has 0 spiro atoms. The van der Waals surface area contributed by atoms with Crippen molar-refractivity contribution in [2.24, 2.45) is 0 Å². The summed E-state index contributed by atoms with van der Waals surface area (Å²) in [6.45, 7) is 10.3. The topological polar surface area (TPSA) is 75.7 Å². The Bertz CT molecular complexity index is 987. The van der Waals surface area contributed by atoms with Gasteiger partial charge in [-0.2, -0.15) is 0 Å². The Balaban J connectivity index is 2.35. The van der Waals surface area contributed by atoms with Crippen LogP contribution in [0.15, 0.2) is 42.5 Å². The second kappa shape index (κ2) is 10.7. The van der Waals surface area contributed by atoms with Crippen LogP contribution in [0.25, 0.3) is 0 Å². The highest BCUT2D eigenvalue weighted by Gasteiger charge is 2.32. The van der Waals surface area contributed by atoms with Gasteiger partial charge in [0.1, 0.15) is 11.8 Å². The smallest absolute Gasteiger partial charge is 0.244 e. The molecular formula is C24H34N2O4S. The number of nitrogens with zero attached hydrogens (tertiary/aromatic N) is 1. The average molecular weight is 447 g/mol. The number of sulfonamides is 1. The van der Waals surface area contributed by atoms with Crippen molar-refractivity contribution in [3.8, 4) is 5.75 Å². The molecule has 1 N–H and O–H groups in total. The third-order valence-electron chi connectivity index (χ3n) is 5.26. The number of ether oxygens (including phenoxy) is 1. The first-order valence-corrected chi connectivity index (χ1v) is 12.6. The summed E-state index contributed by atoms with van der Waals surface area (Å²) < 4.78 is 32.0. The minimum absolute atomic E-state index is 0.191. The molecule has 0 aliphatic carbocycles. The molecule has 2 aromatic carbocycles. The second-order valence-corrected chi connectivity index (χ2v) is 9.60. The van der Waals surface area contributed by atoms with Gasteiger partial charge in [-0.25, -0.2) is 8.42 Å². The number of amides is 1. The summed E-state index contributed by atoms with van der Waals surface area (Å²) in [5.41, 5.74) is 3.75. The van der Waals surface area contributed by atoms with Gasteiger partial charge >= 0.3 is 0 Å². The highest BCUT2D eigenvalue weighted by Crippen LogP contribution is 2.27. The zero-order valence-corrected chi connectivity index (χ0v) is 20.1. The lowest BCUT2D eigenvalue weighted by Crippen LogP contribution is -2.50. The van der Waals surface area contributed by atoms with Crippen LogP contribution in [0.3, 0.4) is 0 Å². The molecule has 7 heteroatoms. The van der Waals surface area contributed by atoms with Crippen LogP contribution in [0.2, 0.25) is 0 Å². The van der Waals surface area contributed by atoms with Crippen molar-refractivity contribution in [3.05, 3.63) is 59.2 Å². The van der Waals surface area contributed by atoms with Crippen molar-refractivity contribution in [1.82, 2.24) is 5.32 Å². The molecule has 6 nitrogen and oxygen atoms in total. The zero-order valence-electron chi connectivity index (χ0n) is 19.3. The minimum atomic E-state index is -3.69. The maximum Gasteiger partial charge on any atom is 0.244 e. The first kappa shape index (κ1) is 24.7. The molecule has 1 amide bonds. The molecule has 170 valence electrons. The summed E-state index contributed by atoms with van der Waals surface area (Å²) >= 11 is 0.